The molecule has 3 aromatic rings. The van der Waals surface area contributed by atoms with Crippen molar-refractivity contribution < 1.29 is 14.0 Å². The molecule has 2 aromatic carbocycles. The number of rotatable bonds is 5. The van der Waals surface area contributed by atoms with Gasteiger partial charge in [0, 0.05) is 5.56 Å². The van der Waals surface area contributed by atoms with Gasteiger partial charge in [-0.2, -0.15) is 0 Å². The van der Waals surface area contributed by atoms with Crippen molar-refractivity contribution in [1.82, 2.24) is 15.5 Å². The van der Waals surface area contributed by atoms with Gasteiger partial charge >= 0.3 is 0 Å². The van der Waals surface area contributed by atoms with Gasteiger partial charge in [-0.25, -0.2) is 4.39 Å². The highest BCUT2D eigenvalue weighted by Gasteiger charge is 2.20. The number of aromatic nitrogens is 2. The molecule has 0 saturated heterocycles. The monoisotopic (exact) mass is 384 g/mol. The predicted octanol–water partition coefficient (Wildman–Crippen LogP) is 3.41. The summed E-state index contributed by atoms with van der Waals surface area (Å²) in [4.78, 5) is 24.4. The van der Waals surface area contributed by atoms with Crippen LogP contribution in [0.2, 0.25) is 0 Å². The number of nitrogens with one attached hydrogen (secondary N) is 2. The summed E-state index contributed by atoms with van der Waals surface area (Å²) in [6, 6.07) is 12.5. The van der Waals surface area contributed by atoms with Gasteiger partial charge < -0.3 is 5.32 Å². The van der Waals surface area contributed by atoms with Crippen LogP contribution in [-0.4, -0.2) is 28.1 Å². The third-order valence-corrected chi connectivity index (χ3v) is 4.67. The Balaban J connectivity index is 1.63. The van der Waals surface area contributed by atoms with Crippen molar-refractivity contribution in [1.29, 1.82) is 0 Å². The van der Waals surface area contributed by atoms with Gasteiger partial charge in [-0.1, -0.05) is 47.2 Å². The standard InChI is InChI=1S/C19H17FN4O2S/c1-11-6-5-7-13(10-11)18-23-24-19(27-18)22-16(25)12(2)21-17(26)14-8-3-4-9-15(14)20/h3-10,12H,1-2H3,(H,21,26)(H,22,24,25). The molecule has 0 radical (unpaired) electrons. The highest BCUT2D eigenvalue weighted by Crippen LogP contribution is 2.26. The molecule has 27 heavy (non-hydrogen) atoms. The van der Waals surface area contributed by atoms with Crippen molar-refractivity contribution in [2.45, 2.75) is 19.9 Å². The van der Waals surface area contributed by atoms with E-state index in [1.54, 1.807) is 6.07 Å². The molecule has 0 saturated carbocycles. The number of carbonyl (C=O) groups is 2. The summed E-state index contributed by atoms with van der Waals surface area (Å²) in [5, 5.41) is 14.1. The number of hydrogen-bond acceptors (Lipinski definition) is 5. The Bertz CT molecular complexity index is 989. The van der Waals surface area contributed by atoms with Crippen LogP contribution in [0.1, 0.15) is 22.8 Å². The van der Waals surface area contributed by atoms with Crippen LogP contribution in [0.5, 0.6) is 0 Å². The van der Waals surface area contributed by atoms with Gasteiger partial charge in [-0.05, 0) is 32.0 Å². The number of carbonyl (C=O) groups excluding carboxylic acids is 2. The summed E-state index contributed by atoms with van der Waals surface area (Å²) in [5.41, 5.74) is 1.89. The molecule has 138 valence electrons. The fraction of sp³-hybridized carbons (Fsp3) is 0.158. The second-order valence-corrected chi connectivity index (χ2v) is 6.92. The number of hydrogen-bond donors (Lipinski definition) is 2. The van der Waals surface area contributed by atoms with Crippen LogP contribution in [0.25, 0.3) is 10.6 Å². The fourth-order valence-corrected chi connectivity index (χ4v) is 3.11. The van der Waals surface area contributed by atoms with Gasteiger partial charge in [-0.15, -0.1) is 10.2 Å². The van der Waals surface area contributed by atoms with E-state index >= 15 is 0 Å². The molecule has 8 heteroatoms. The van der Waals surface area contributed by atoms with Crippen LogP contribution in [0, 0.1) is 12.7 Å². The first-order valence-corrected chi connectivity index (χ1v) is 9.02. The van der Waals surface area contributed by atoms with Gasteiger partial charge in [0.25, 0.3) is 5.91 Å². The Morgan fingerprint density at radius 2 is 1.89 bits per heavy atom. The highest BCUT2D eigenvalue weighted by molar-refractivity contribution is 7.18. The van der Waals surface area contributed by atoms with Crippen molar-refractivity contribution in [3.8, 4) is 10.6 Å². The number of aryl methyl sites for hydroxylation is 1. The smallest absolute Gasteiger partial charge is 0.254 e. The Morgan fingerprint density at radius 1 is 1.11 bits per heavy atom. The summed E-state index contributed by atoms with van der Waals surface area (Å²) in [5.74, 6) is -1.77. The molecule has 1 aromatic heterocycles. The largest absolute Gasteiger partial charge is 0.340 e. The van der Waals surface area contributed by atoms with Crippen molar-refractivity contribution in [3.63, 3.8) is 0 Å². The molecule has 0 aliphatic heterocycles. The van der Waals surface area contributed by atoms with Gasteiger partial charge in [0.05, 0.1) is 5.56 Å². The molecule has 1 atom stereocenters. The molecule has 0 aliphatic rings. The lowest BCUT2D eigenvalue weighted by Crippen LogP contribution is -2.41. The molecule has 0 fully saturated rings. The predicted molar refractivity (Wildman–Crippen MR) is 102 cm³/mol. The number of amides is 2. The summed E-state index contributed by atoms with van der Waals surface area (Å²) in [6.45, 7) is 3.49. The van der Waals surface area contributed by atoms with Gasteiger partial charge in [0.15, 0.2) is 0 Å². The van der Waals surface area contributed by atoms with Crippen LogP contribution in [-0.2, 0) is 4.79 Å². The zero-order chi connectivity index (χ0) is 19.4. The Hall–Kier alpha value is -3.13. The number of nitrogens with zero attached hydrogens (tertiary/aromatic N) is 2. The maximum atomic E-state index is 13.7. The first kappa shape index (κ1) is 18.7. The zero-order valence-corrected chi connectivity index (χ0v) is 15.5. The van der Waals surface area contributed by atoms with Gasteiger partial charge in [-0.3, -0.25) is 14.9 Å². The minimum Gasteiger partial charge on any atom is -0.340 e. The maximum absolute atomic E-state index is 13.7. The molecule has 2 amide bonds. The molecule has 6 nitrogen and oxygen atoms in total. The van der Waals surface area contributed by atoms with E-state index in [0.29, 0.717) is 10.1 Å². The van der Waals surface area contributed by atoms with Gasteiger partial charge in [0.1, 0.15) is 16.9 Å². The Labute approximate surface area is 159 Å². The second kappa shape index (κ2) is 8.05. The molecule has 0 bridgehead atoms. The van der Waals surface area contributed by atoms with Crippen molar-refractivity contribution >= 4 is 28.3 Å². The average Bonchev–Trinajstić information content (AvgIpc) is 3.10. The quantitative estimate of drug-likeness (QED) is 0.706. The number of halogens is 1. The van der Waals surface area contributed by atoms with Crippen LogP contribution in [0.4, 0.5) is 9.52 Å². The first-order chi connectivity index (χ1) is 12.9. The third-order valence-electron chi connectivity index (χ3n) is 3.78. The normalized spacial score (nSPS) is 11.7. The fourth-order valence-electron chi connectivity index (χ4n) is 2.37. The maximum Gasteiger partial charge on any atom is 0.254 e. The molecule has 0 aliphatic carbocycles. The van der Waals surface area contributed by atoms with E-state index in [-0.39, 0.29) is 5.56 Å². The van der Waals surface area contributed by atoms with Crippen molar-refractivity contribution in [2.75, 3.05) is 5.32 Å². The molecule has 3 rings (SSSR count). The third kappa shape index (κ3) is 4.53. The highest BCUT2D eigenvalue weighted by atomic mass is 32.1. The van der Waals surface area contributed by atoms with E-state index in [2.05, 4.69) is 20.8 Å². The van der Waals surface area contributed by atoms with E-state index < -0.39 is 23.7 Å². The molecular formula is C19H17FN4O2S. The Kier molecular flexibility index (Phi) is 5.56. The minimum atomic E-state index is -0.872. The average molecular weight is 384 g/mol. The first-order valence-electron chi connectivity index (χ1n) is 8.21. The summed E-state index contributed by atoms with van der Waals surface area (Å²) < 4.78 is 13.7. The number of anilines is 1. The molecule has 1 unspecified atom stereocenters. The van der Waals surface area contributed by atoms with E-state index in [0.717, 1.165) is 11.1 Å². The zero-order valence-electron chi connectivity index (χ0n) is 14.7. The topological polar surface area (TPSA) is 84.0 Å². The summed E-state index contributed by atoms with van der Waals surface area (Å²) in [6.07, 6.45) is 0. The second-order valence-electron chi connectivity index (χ2n) is 5.95. The minimum absolute atomic E-state index is 0.116. The van der Waals surface area contributed by atoms with Crippen molar-refractivity contribution in [2.24, 2.45) is 0 Å². The van der Waals surface area contributed by atoms with E-state index in [9.17, 15) is 14.0 Å². The van der Waals surface area contributed by atoms with E-state index in [4.69, 9.17) is 0 Å². The van der Waals surface area contributed by atoms with Crippen molar-refractivity contribution in [3.05, 3.63) is 65.5 Å². The molecule has 0 spiro atoms. The lowest BCUT2D eigenvalue weighted by atomic mass is 10.1. The summed E-state index contributed by atoms with van der Waals surface area (Å²) in [7, 11) is 0. The molecule has 2 N–H and O–H groups in total. The molecule has 1 heterocycles. The lowest BCUT2D eigenvalue weighted by molar-refractivity contribution is -0.117. The van der Waals surface area contributed by atoms with Crippen LogP contribution in [0.3, 0.4) is 0 Å². The van der Waals surface area contributed by atoms with E-state index in [1.165, 1.54) is 36.5 Å². The van der Waals surface area contributed by atoms with Gasteiger partial charge in [0.2, 0.25) is 11.0 Å². The van der Waals surface area contributed by atoms with Crippen LogP contribution < -0.4 is 10.6 Å². The van der Waals surface area contributed by atoms with Crippen LogP contribution in [0.15, 0.2) is 48.5 Å². The van der Waals surface area contributed by atoms with Crippen LogP contribution >= 0.6 is 11.3 Å². The lowest BCUT2D eigenvalue weighted by Gasteiger charge is -2.13. The van der Waals surface area contributed by atoms with E-state index in [1.807, 2.05) is 31.2 Å². The number of benzene rings is 2. The Morgan fingerprint density at radius 3 is 2.63 bits per heavy atom. The SMILES string of the molecule is Cc1cccc(-c2nnc(NC(=O)C(C)NC(=O)c3ccccc3F)s2)c1. The molecular weight excluding hydrogens is 367 g/mol. The summed E-state index contributed by atoms with van der Waals surface area (Å²) >= 11 is 1.23.